The highest BCUT2D eigenvalue weighted by Crippen LogP contribution is 2.28. The van der Waals surface area contributed by atoms with Gasteiger partial charge >= 0.3 is 0 Å². The Labute approximate surface area is 164 Å². The van der Waals surface area contributed by atoms with E-state index in [4.69, 9.17) is 17.0 Å². The Balaban J connectivity index is 1.83. The van der Waals surface area contributed by atoms with E-state index in [1.54, 1.807) is 18.5 Å². The number of hydrogen-bond acceptors (Lipinski definition) is 4. The van der Waals surface area contributed by atoms with Crippen LogP contribution in [0.1, 0.15) is 36.8 Å². The number of nitrogens with one attached hydrogen (secondary N) is 1. The Morgan fingerprint density at radius 2 is 2.15 bits per heavy atom. The molecule has 4 nitrogen and oxygen atoms in total. The summed E-state index contributed by atoms with van der Waals surface area (Å²) in [6.07, 6.45) is 8.16. The molecular weight excluding hydrogens is 356 g/mol. The van der Waals surface area contributed by atoms with Gasteiger partial charge in [0.25, 0.3) is 0 Å². The van der Waals surface area contributed by atoms with Crippen LogP contribution in [0.2, 0.25) is 5.02 Å². The second-order valence-corrected chi connectivity index (χ2v) is 6.71. The molecule has 0 saturated heterocycles. The second-order valence-electron chi connectivity index (χ2n) is 6.31. The standard InChI is InChI=1S/C22H21ClN4/c1-3-16-8-9-17(14-19(16)23)22-18(7-5-12-25-22)20(24)10-11-21-15(2)6-4-13-26-27-21/h3,5,7-9,12-14,24H,1-2,4,6,10-11H2. The van der Waals surface area contributed by atoms with Crippen LogP contribution in [0.4, 0.5) is 0 Å². The molecule has 136 valence electrons. The SMILES string of the molecule is C=Cc1ccc(-c2ncccc2C(=N)CCC2=NN=CCCC2=C)cc1Cl. The highest BCUT2D eigenvalue weighted by Gasteiger charge is 2.14. The molecule has 0 radical (unpaired) electrons. The van der Waals surface area contributed by atoms with Crippen molar-refractivity contribution < 1.29 is 0 Å². The van der Waals surface area contributed by atoms with Gasteiger partial charge in [-0.1, -0.05) is 43.0 Å². The lowest BCUT2D eigenvalue weighted by Crippen LogP contribution is -2.08. The normalized spacial score (nSPS) is 13.8. The Kier molecular flexibility index (Phi) is 6.09. The van der Waals surface area contributed by atoms with E-state index < -0.39 is 0 Å². The summed E-state index contributed by atoms with van der Waals surface area (Å²) in [4.78, 5) is 4.49. The Hall–Kier alpha value is -2.85. The average Bonchev–Trinajstić information content (AvgIpc) is 2.90. The van der Waals surface area contributed by atoms with Gasteiger partial charge in [0.2, 0.25) is 0 Å². The van der Waals surface area contributed by atoms with Crippen molar-refractivity contribution >= 4 is 35.3 Å². The summed E-state index contributed by atoms with van der Waals surface area (Å²) in [5.74, 6) is 0. The average molecular weight is 377 g/mol. The smallest absolute Gasteiger partial charge is 0.0792 e. The van der Waals surface area contributed by atoms with Crippen LogP contribution in [0.25, 0.3) is 17.3 Å². The summed E-state index contributed by atoms with van der Waals surface area (Å²) in [6, 6.07) is 9.49. The van der Waals surface area contributed by atoms with E-state index in [0.717, 1.165) is 46.5 Å². The highest BCUT2D eigenvalue weighted by molar-refractivity contribution is 6.32. The van der Waals surface area contributed by atoms with Gasteiger partial charge in [-0.3, -0.25) is 4.98 Å². The number of halogens is 1. The van der Waals surface area contributed by atoms with Crippen LogP contribution < -0.4 is 0 Å². The fourth-order valence-electron chi connectivity index (χ4n) is 2.95. The fourth-order valence-corrected chi connectivity index (χ4v) is 3.20. The molecule has 5 heteroatoms. The van der Waals surface area contributed by atoms with Gasteiger partial charge in [0.15, 0.2) is 0 Å². The Morgan fingerprint density at radius 3 is 2.93 bits per heavy atom. The molecule has 0 amide bonds. The summed E-state index contributed by atoms with van der Waals surface area (Å²) < 4.78 is 0. The van der Waals surface area contributed by atoms with E-state index in [9.17, 15) is 0 Å². The summed E-state index contributed by atoms with van der Waals surface area (Å²) in [5.41, 5.74) is 5.68. The molecule has 0 fully saturated rings. The van der Waals surface area contributed by atoms with Crippen LogP contribution in [0.5, 0.6) is 0 Å². The summed E-state index contributed by atoms with van der Waals surface area (Å²) in [7, 11) is 0. The van der Waals surface area contributed by atoms with E-state index >= 15 is 0 Å². The molecule has 0 saturated carbocycles. The minimum absolute atomic E-state index is 0.505. The molecular formula is C22H21ClN4. The largest absolute Gasteiger partial charge is 0.305 e. The molecule has 1 aliphatic heterocycles. The molecule has 2 aromatic rings. The summed E-state index contributed by atoms with van der Waals surface area (Å²) >= 11 is 6.31. The van der Waals surface area contributed by atoms with Crippen LogP contribution >= 0.6 is 11.6 Å². The van der Waals surface area contributed by atoms with Gasteiger partial charge in [-0.2, -0.15) is 10.2 Å². The molecule has 1 aromatic heterocycles. The van der Waals surface area contributed by atoms with Crippen LogP contribution in [0.3, 0.4) is 0 Å². The van der Waals surface area contributed by atoms with Crippen molar-refractivity contribution in [2.45, 2.75) is 25.7 Å². The zero-order chi connectivity index (χ0) is 19.2. The predicted molar refractivity (Wildman–Crippen MR) is 115 cm³/mol. The van der Waals surface area contributed by atoms with E-state index in [2.05, 4.69) is 28.3 Å². The van der Waals surface area contributed by atoms with Crippen molar-refractivity contribution in [3.05, 3.63) is 71.4 Å². The van der Waals surface area contributed by atoms with Crippen molar-refractivity contribution in [1.29, 1.82) is 5.41 Å². The number of benzene rings is 1. The molecule has 2 heterocycles. The fraction of sp³-hybridized carbons (Fsp3) is 0.182. The van der Waals surface area contributed by atoms with Crippen molar-refractivity contribution in [3.63, 3.8) is 0 Å². The molecule has 0 aliphatic carbocycles. The lowest BCUT2D eigenvalue weighted by atomic mass is 9.96. The van der Waals surface area contributed by atoms with Crippen molar-refractivity contribution in [2.75, 3.05) is 0 Å². The summed E-state index contributed by atoms with van der Waals surface area (Å²) in [6.45, 7) is 7.84. The zero-order valence-corrected chi connectivity index (χ0v) is 15.8. The van der Waals surface area contributed by atoms with E-state index in [-0.39, 0.29) is 0 Å². The van der Waals surface area contributed by atoms with Gasteiger partial charge in [0, 0.05) is 34.3 Å². The molecule has 1 N–H and O–H groups in total. The minimum atomic E-state index is 0.505. The molecule has 3 rings (SSSR count). The molecule has 0 bridgehead atoms. The molecule has 0 atom stereocenters. The number of nitrogens with zero attached hydrogens (tertiary/aromatic N) is 3. The Morgan fingerprint density at radius 1 is 1.30 bits per heavy atom. The lowest BCUT2D eigenvalue weighted by Gasteiger charge is -2.12. The third-order valence-electron chi connectivity index (χ3n) is 4.48. The van der Waals surface area contributed by atoms with Crippen LogP contribution in [-0.2, 0) is 0 Å². The van der Waals surface area contributed by atoms with Gasteiger partial charge in [0.05, 0.1) is 11.4 Å². The molecule has 1 aliphatic rings. The van der Waals surface area contributed by atoms with Crippen molar-refractivity contribution in [2.24, 2.45) is 10.2 Å². The van der Waals surface area contributed by atoms with Crippen LogP contribution in [0.15, 0.2) is 65.5 Å². The molecule has 27 heavy (non-hydrogen) atoms. The lowest BCUT2D eigenvalue weighted by molar-refractivity contribution is 1.05. The topological polar surface area (TPSA) is 61.5 Å². The van der Waals surface area contributed by atoms with E-state index in [1.807, 2.05) is 30.3 Å². The minimum Gasteiger partial charge on any atom is -0.305 e. The first kappa shape index (κ1) is 18.9. The summed E-state index contributed by atoms with van der Waals surface area (Å²) in [5, 5.41) is 17.5. The maximum atomic E-state index is 8.58. The number of rotatable bonds is 6. The van der Waals surface area contributed by atoms with Crippen LogP contribution in [0, 0.1) is 5.41 Å². The van der Waals surface area contributed by atoms with E-state index in [0.29, 0.717) is 23.6 Å². The van der Waals surface area contributed by atoms with Gasteiger partial charge in [-0.25, -0.2) is 0 Å². The van der Waals surface area contributed by atoms with Crippen molar-refractivity contribution in [3.8, 4) is 11.3 Å². The Bertz CT molecular complexity index is 957. The first-order valence-electron chi connectivity index (χ1n) is 8.82. The quantitative estimate of drug-likeness (QED) is 0.620. The van der Waals surface area contributed by atoms with Gasteiger partial charge < -0.3 is 5.41 Å². The monoisotopic (exact) mass is 376 g/mol. The molecule has 0 spiro atoms. The maximum absolute atomic E-state index is 8.58. The third kappa shape index (κ3) is 4.47. The van der Waals surface area contributed by atoms with Gasteiger partial charge in [0.1, 0.15) is 0 Å². The first-order chi connectivity index (χ1) is 13.1. The highest BCUT2D eigenvalue weighted by atomic mass is 35.5. The predicted octanol–water partition coefficient (Wildman–Crippen LogP) is 5.97. The molecule has 0 unspecified atom stereocenters. The van der Waals surface area contributed by atoms with Gasteiger partial charge in [-0.15, -0.1) is 0 Å². The number of pyridine rings is 1. The van der Waals surface area contributed by atoms with Crippen LogP contribution in [-0.4, -0.2) is 22.6 Å². The number of aromatic nitrogens is 1. The second kappa shape index (κ2) is 8.69. The van der Waals surface area contributed by atoms with E-state index in [1.165, 1.54) is 0 Å². The zero-order valence-electron chi connectivity index (χ0n) is 15.1. The first-order valence-corrected chi connectivity index (χ1v) is 9.19. The maximum Gasteiger partial charge on any atom is 0.0792 e. The molecule has 1 aromatic carbocycles. The van der Waals surface area contributed by atoms with Gasteiger partial charge in [-0.05, 0) is 55.0 Å². The van der Waals surface area contributed by atoms with Crippen molar-refractivity contribution in [1.82, 2.24) is 4.98 Å². The number of hydrogen-bond donors (Lipinski definition) is 1. The number of allylic oxidation sites excluding steroid dienone is 1. The third-order valence-corrected chi connectivity index (χ3v) is 4.81.